The predicted molar refractivity (Wildman–Crippen MR) is 57.1 cm³/mol. The first-order valence-corrected chi connectivity index (χ1v) is 5.93. The molecule has 5 atom stereocenters. The van der Waals surface area contributed by atoms with E-state index in [-0.39, 0.29) is 11.4 Å². The molecule has 2 saturated carbocycles. The van der Waals surface area contributed by atoms with Crippen LogP contribution in [0.2, 0.25) is 0 Å². The van der Waals surface area contributed by atoms with Crippen molar-refractivity contribution >= 4 is 5.97 Å². The van der Waals surface area contributed by atoms with Gasteiger partial charge in [0.25, 0.3) is 0 Å². The molecule has 82 valence electrons. The Bertz CT molecular complexity index is 333. The van der Waals surface area contributed by atoms with E-state index in [1.54, 1.807) is 0 Å². The molecule has 2 fully saturated rings. The maximum absolute atomic E-state index is 11.9. The zero-order chi connectivity index (χ0) is 10.6. The van der Waals surface area contributed by atoms with Gasteiger partial charge in [-0.25, -0.2) is 0 Å². The third-order valence-corrected chi connectivity index (χ3v) is 5.01. The van der Waals surface area contributed by atoms with Gasteiger partial charge < -0.3 is 4.74 Å². The summed E-state index contributed by atoms with van der Waals surface area (Å²) in [7, 11) is 1.52. The lowest BCUT2D eigenvalue weighted by Crippen LogP contribution is -2.36. The lowest BCUT2D eigenvalue weighted by molar-refractivity contribution is -0.154. The summed E-state index contributed by atoms with van der Waals surface area (Å²) in [5.41, 5.74) is -0.205. The average molecular weight is 206 g/mol. The molecule has 0 aromatic carbocycles. The molecular weight excluding hydrogens is 188 g/mol. The molecule has 0 N–H and O–H groups in total. The highest BCUT2D eigenvalue weighted by Gasteiger charge is 2.59. The van der Waals surface area contributed by atoms with Gasteiger partial charge in [-0.2, -0.15) is 0 Å². The number of carbonyl (C=O) groups excluding carboxylic acids is 1. The second kappa shape index (κ2) is 2.87. The van der Waals surface area contributed by atoms with Gasteiger partial charge in [0.05, 0.1) is 12.5 Å². The van der Waals surface area contributed by atoms with E-state index in [0.29, 0.717) is 11.8 Å². The molecule has 3 aliphatic carbocycles. The first-order chi connectivity index (χ1) is 7.16. The van der Waals surface area contributed by atoms with Gasteiger partial charge in [0.1, 0.15) is 0 Å². The van der Waals surface area contributed by atoms with Crippen molar-refractivity contribution in [3.63, 3.8) is 0 Å². The number of hydrogen-bond acceptors (Lipinski definition) is 2. The minimum absolute atomic E-state index is 0.0101. The van der Waals surface area contributed by atoms with E-state index in [2.05, 4.69) is 19.1 Å². The molecule has 0 aliphatic heterocycles. The SMILES string of the molecule is COC(=O)C1(C)CCC2C3C=CC(C3)C21. The second-order valence-corrected chi connectivity index (χ2v) is 5.59. The van der Waals surface area contributed by atoms with E-state index < -0.39 is 0 Å². The Morgan fingerprint density at radius 1 is 1.40 bits per heavy atom. The Morgan fingerprint density at radius 3 is 2.87 bits per heavy atom. The molecule has 0 heterocycles. The molecule has 15 heavy (non-hydrogen) atoms. The van der Waals surface area contributed by atoms with Crippen LogP contribution in [0.5, 0.6) is 0 Å². The zero-order valence-electron chi connectivity index (χ0n) is 9.40. The van der Waals surface area contributed by atoms with E-state index in [1.165, 1.54) is 20.0 Å². The molecule has 0 radical (unpaired) electrons. The Morgan fingerprint density at radius 2 is 2.13 bits per heavy atom. The maximum Gasteiger partial charge on any atom is 0.311 e. The molecule has 0 amide bonds. The highest BCUT2D eigenvalue weighted by Crippen LogP contribution is 2.62. The summed E-state index contributed by atoms with van der Waals surface area (Å²) in [4.78, 5) is 11.9. The number of allylic oxidation sites excluding steroid dienone is 2. The average Bonchev–Trinajstić information content (AvgIpc) is 2.90. The van der Waals surface area contributed by atoms with Crippen molar-refractivity contribution < 1.29 is 9.53 Å². The van der Waals surface area contributed by atoms with Crippen molar-refractivity contribution in [3.8, 4) is 0 Å². The van der Waals surface area contributed by atoms with Crippen LogP contribution in [-0.2, 0) is 9.53 Å². The molecule has 0 aromatic heterocycles. The first kappa shape index (κ1) is 9.44. The Balaban J connectivity index is 1.95. The number of esters is 1. The van der Waals surface area contributed by atoms with Gasteiger partial charge in [-0.3, -0.25) is 4.79 Å². The van der Waals surface area contributed by atoms with Crippen LogP contribution in [0, 0.1) is 29.1 Å². The summed E-state index contributed by atoms with van der Waals surface area (Å²) in [5, 5.41) is 0. The number of fused-ring (bicyclic) bond motifs is 5. The van der Waals surface area contributed by atoms with Crippen molar-refractivity contribution in [3.05, 3.63) is 12.2 Å². The largest absolute Gasteiger partial charge is 0.469 e. The maximum atomic E-state index is 11.9. The van der Waals surface area contributed by atoms with Crippen LogP contribution in [0.1, 0.15) is 26.2 Å². The van der Waals surface area contributed by atoms with Gasteiger partial charge in [-0.15, -0.1) is 0 Å². The highest BCUT2D eigenvalue weighted by atomic mass is 16.5. The van der Waals surface area contributed by atoms with Crippen LogP contribution >= 0.6 is 0 Å². The van der Waals surface area contributed by atoms with Crippen molar-refractivity contribution in [2.45, 2.75) is 26.2 Å². The molecule has 2 nitrogen and oxygen atoms in total. The van der Waals surface area contributed by atoms with Crippen LogP contribution < -0.4 is 0 Å². The molecular formula is C13H18O2. The molecule has 2 bridgehead atoms. The standard InChI is InChI=1S/C13H18O2/c1-13(12(14)15-2)6-5-10-8-3-4-9(7-8)11(10)13/h3-4,8-11H,5-7H2,1-2H3. The Labute approximate surface area is 90.7 Å². The van der Waals surface area contributed by atoms with Crippen molar-refractivity contribution in [1.82, 2.24) is 0 Å². The van der Waals surface area contributed by atoms with Gasteiger partial charge >= 0.3 is 5.97 Å². The molecule has 0 aromatic rings. The number of rotatable bonds is 1. The smallest absolute Gasteiger partial charge is 0.311 e. The van der Waals surface area contributed by atoms with Crippen molar-refractivity contribution in [2.24, 2.45) is 29.1 Å². The fourth-order valence-corrected chi connectivity index (χ4v) is 4.37. The van der Waals surface area contributed by atoms with E-state index in [1.807, 2.05) is 0 Å². The number of carbonyl (C=O) groups is 1. The van der Waals surface area contributed by atoms with Gasteiger partial charge in [-0.1, -0.05) is 12.2 Å². The van der Waals surface area contributed by atoms with E-state index in [4.69, 9.17) is 4.74 Å². The van der Waals surface area contributed by atoms with Gasteiger partial charge in [0.2, 0.25) is 0 Å². The molecule has 3 aliphatic rings. The van der Waals surface area contributed by atoms with E-state index in [9.17, 15) is 4.79 Å². The van der Waals surface area contributed by atoms with Gasteiger partial charge in [0, 0.05) is 0 Å². The van der Waals surface area contributed by atoms with Gasteiger partial charge in [-0.05, 0) is 49.9 Å². The molecule has 0 saturated heterocycles. The minimum Gasteiger partial charge on any atom is -0.469 e. The van der Waals surface area contributed by atoms with Crippen LogP contribution in [0.15, 0.2) is 12.2 Å². The summed E-state index contributed by atoms with van der Waals surface area (Å²) in [5.74, 6) is 2.72. The summed E-state index contributed by atoms with van der Waals surface area (Å²) >= 11 is 0. The summed E-state index contributed by atoms with van der Waals surface area (Å²) in [6.07, 6.45) is 8.21. The minimum atomic E-state index is -0.205. The number of methoxy groups -OCH3 is 1. The number of hydrogen-bond donors (Lipinski definition) is 0. The molecule has 5 unspecified atom stereocenters. The number of ether oxygens (including phenoxy) is 1. The molecule has 3 rings (SSSR count). The topological polar surface area (TPSA) is 26.3 Å². The van der Waals surface area contributed by atoms with Crippen LogP contribution in [0.3, 0.4) is 0 Å². The predicted octanol–water partition coefficient (Wildman–Crippen LogP) is 2.40. The van der Waals surface area contributed by atoms with Crippen LogP contribution in [0.25, 0.3) is 0 Å². The zero-order valence-corrected chi connectivity index (χ0v) is 9.40. The second-order valence-electron chi connectivity index (χ2n) is 5.59. The van der Waals surface area contributed by atoms with Crippen molar-refractivity contribution in [1.29, 1.82) is 0 Å². The third kappa shape index (κ3) is 1.03. The fraction of sp³-hybridized carbons (Fsp3) is 0.769. The fourth-order valence-electron chi connectivity index (χ4n) is 4.37. The monoisotopic (exact) mass is 206 g/mol. The van der Waals surface area contributed by atoms with E-state index in [0.717, 1.165) is 18.3 Å². The summed E-state index contributed by atoms with van der Waals surface area (Å²) in [6.45, 7) is 2.11. The van der Waals surface area contributed by atoms with Crippen LogP contribution in [-0.4, -0.2) is 13.1 Å². The highest BCUT2D eigenvalue weighted by molar-refractivity contribution is 5.77. The first-order valence-electron chi connectivity index (χ1n) is 5.93. The molecule has 2 heteroatoms. The normalized spacial score (nSPS) is 50.8. The lowest BCUT2D eigenvalue weighted by Gasteiger charge is -2.32. The molecule has 0 spiro atoms. The summed E-state index contributed by atoms with van der Waals surface area (Å²) < 4.78 is 4.99. The lowest BCUT2D eigenvalue weighted by atomic mass is 9.72. The van der Waals surface area contributed by atoms with E-state index >= 15 is 0 Å². The van der Waals surface area contributed by atoms with Crippen molar-refractivity contribution in [2.75, 3.05) is 7.11 Å². The third-order valence-electron chi connectivity index (χ3n) is 5.01. The van der Waals surface area contributed by atoms with Gasteiger partial charge in [0.15, 0.2) is 0 Å². The quantitative estimate of drug-likeness (QED) is 0.486. The Kier molecular flexibility index (Phi) is 1.80. The van der Waals surface area contributed by atoms with Crippen LogP contribution in [0.4, 0.5) is 0 Å². The Hall–Kier alpha value is -0.790. The summed E-state index contributed by atoms with van der Waals surface area (Å²) in [6, 6.07) is 0.